The molecule has 3 atom stereocenters. The van der Waals surface area contributed by atoms with Crippen molar-refractivity contribution in [3.63, 3.8) is 0 Å². The van der Waals surface area contributed by atoms with Crippen molar-refractivity contribution in [3.05, 3.63) is 41.0 Å². The average Bonchev–Trinajstić information content (AvgIpc) is 3.32. The van der Waals surface area contributed by atoms with Crippen LogP contribution in [0.25, 0.3) is 0 Å². The molecule has 0 aromatic heterocycles. The standard InChI is InChI=1S/C21H20O7/c1-10-3-11-4-14-15(26-8-25-14)7-13(11)19(18(10)21(22)23)12-5-16(24-2)20-17(6-12)27-9-28-20/h4-7,10,18-19H,3,8-9H2,1-2H3,(H,22,23)/t10-,18+,19-/m1/s1. The summed E-state index contributed by atoms with van der Waals surface area (Å²) in [5.41, 5.74) is 2.84. The topological polar surface area (TPSA) is 83.5 Å². The lowest BCUT2D eigenvalue weighted by Gasteiger charge is -2.36. The van der Waals surface area contributed by atoms with Gasteiger partial charge in [0.25, 0.3) is 0 Å². The number of hydrogen-bond acceptors (Lipinski definition) is 6. The van der Waals surface area contributed by atoms with Gasteiger partial charge in [0.1, 0.15) is 0 Å². The summed E-state index contributed by atoms with van der Waals surface area (Å²) in [6.45, 7) is 2.27. The molecule has 5 rings (SSSR count). The Kier molecular flexibility index (Phi) is 3.79. The number of benzene rings is 2. The Hall–Kier alpha value is -3.09. The molecule has 2 aromatic carbocycles. The number of methoxy groups -OCH3 is 1. The summed E-state index contributed by atoms with van der Waals surface area (Å²) in [5, 5.41) is 10.0. The molecule has 0 unspecified atom stereocenters. The molecule has 0 bridgehead atoms. The summed E-state index contributed by atoms with van der Waals surface area (Å²) in [6.07, 6.45) is 0.668. The third-order valence-corrected chi connectivity index (χ3v) is 5.81. The fourth-order valence-corrected chi connectivity index (χ4v) is 4.56. The molecular formula is C21H20O7. The maximum absolute atomic E-state index is 12.2. The monoisotopic (exact) mass is 384 g/mol. The fraction of sp³-hybridized carbons (Fsp3) is 0.381. The minimum Gasteiger partial charge on any atom is -0.493 e. The molecular weight excluding hydrogens is 364 g/mol. The van der Waals surface area contributed by atoms with Gasteiger partial charge in [-0.05, 0) is 53.3 Å². The Labute approximate surface area is 161 Å². The second-order valence-electron chi connectivity index (χ2n) is 7.38. The molecule has 7 nitrogen and oxygen atoms in total. The van der Waals surface area contributed by atoms with Crippen LogP contribution >= 0.6 is 0 Å². The van der Waals surface area contributed by atoms with E-state index in [1.165, 1.54) is 0 Å². The van der Waals surface area contributed by atoms with E-state index in [1.54, 1.807) is 7.11 Å². The van der Waals surface area contributed by atoms with Crippen molar-refractivity contribution in [2.24, 2.45) is 11.8 Å². The van der Waals surface area contributed by atoms with E-state index in [0.717, 1.165) is 16.7 Å². The normalized spacial score (nSPS) is 24.0. The minimum absolute atomic E-state index is 0.0493. The van der Waals surface area contributed by atoms with E-state index in [9.17, 15) is 9.90 Å². The van der Waals surface area contributed by atoms with Crippen LogP contribution in [0, 0.1) is 11.8 Å². The van der Waals surface area contributed by atoms with Gasteiger partial charge in [0.2, 0.25) is 19.3 Å². The molecule has 2 heterocycles. The van der Waals surface area contributed by atoms with Crippen LogP contribution < -0.4 is 23.7 Å². The van der Waals surface area contributed by atoms with Crippen LogP contribution in [0.15, 0.2) is 24.3 Å². The lowest BCUT2D eigenvalue weighted by atomic mass is 9.67. The molecule has 2 aliphatic heterocycles. The average molecular weight is 384 g/mol. The Morgan fingerprint density at radius 3 is 2.50 bits per heavy atom. The van der Waals surface area contributed by atoms with Gasteiger partial charge in [-0.3, -0.25) is 4.79 Å². The number of hydrogen-bond donors (Lipinski definition) is 1. The lowest BCUT2D eigenvalue weighted by Crippen LogP contribution is -2.34. The largest absolute Gasteiger partial charge is 0.493 e. The first-order chi connectivity index (χ1) is 13.6. The van der Waals surface area contributed by atoms with Gasteiger partial charge in [-0.15, -0.1) is 0 Å². The van der Waals surface area contributed by atoms with E-state index in [1.807, 2.05) is 31.2 Å². The van der Waals surface area contributed by atoms with Gasteiger partial charge in [-0.2, -0.15) is 0 Å². The lowest BCUT2D eigenvalue weighted by molar-refractivity contribution is -0.144. The van der Waals surface area contributed by atoms with Gasteiger partial charge in [0.05, 0.1) is 13.0 Å². The van der Waals surface area contributed by atoms with Crippen molar-refractivity contribution >= 4 is 5.97 Å². The number of aliphatic carboxylic acids is 1. The van der Waals surface area contributed by atoms with Gasteiger partial charge < -0.3 is 28.8 Å². The minimum atomic E-state index is -0.822. The van der Waals surface area contributed by atoms with Crippen molar-refractivity contribution in [1.82, 2.24) is 0 Å². The van der Waals surface area contributed by atoms with Gasteiger partial charge >= 0.3 is 5.97 Å². The molecule has 0 fully saturated rings. The summed E-state index contributed by atoms with van der Waals surface area (Å²) < 4.78 is 27.6. The number of ether oxygens (including phenoxy) is 5. The van der Waals surface area contributed by atoms with E-state index in [-0.39, 0.29) is 25.4 Å². The van der Waals surface area contributed by atoms with Crippen LogP contribution in [0.5, 0.6) is 28.7 Å². The van der Waals surface area contributed by atoms with Crippen molar-refractivity contribution in [3.8, 4) is 28.7 Å². The van der Waals surface area contributed by atoms with Crippen molar-refractivity contribution in [1.29, 1.82) is 0 Å². The molecule has 3 aliphatic rings. The molecule has 28 heavy (non-hydrogen) atoms. The van der Waals surface area contributed by atoms with E-state index < -0.39 is 11.9 Å². The predicted octanol–water partition coefficient (Wildman–Crippen LogP) is 3.18. The molecule has 0 saturated carbocycles. The fourth-order valence-electron chi connectivity index (χ4n) is 4.56. The van der Waals surface area contributed by atoms with E-state index in [2.05, 4.69) is 0 Å². The number of rotatable bonds is 3. The quantitative estimate of drug-likeness (QED) is 0.870. The maximum Gasteiger partial charge on any atom is 0.307 e. The van der Waals surface area contributed by atoms with Crippen molar-refractivity contribution in [2.75, 3.05) is 20.7 Å². The van der Waals surface area contributed by atoms with Gasteiger partial charge in [-0.25, -0.2) is 0 Å². The highest BCUT2D eigenvalue weighted by atomic mass is 16.7. The second-order valence-corrected chi connectivity index (χ2v) is 7.38. The Morgan fingerprint density at radius 1 is 1.04 bits per heavy atom. The SMILES string of the molecule is COc1cc([C@@H]2c3cc4c(cc3C[C@@H](C)[C@@H]2C(=O)O)OCO4)cc2c1OCO2. The highest BCUT2D eigenvalue weighted by molar-refractivity contribution is 5.75. The molecule has 7 heteroatoms. The van der Waals surface area contributed by atoms with E-state index >= 15 is 0 Å². The van der Waals surface area contributed by atoms with E-state index in [0.29, 0.717) is 35.2 Å². The highest BCUT2D eigenvalue weighted by Crippen LogP contribution is 2.51. The molecule has 0 saturated heterocycles. The Balaban J connectivity index is 1.71. The molecule has 1 aliphatic carbocycles. The van der Waals surface area contributed by atoms with Crippen molar-refractivity contribution < 1.29 is 33.6 Å². The number of carbonyl (C=O) groups is 1. The first-order valence-corrected chi connectivity index (χ1v) is 9.19. The number of fused-ring (bicyclic) bond motifs is 3. The third kappa shape index (κ3) is 2.46. The van der Waals surface area contributed by atoms with E-state index in [4.69, 9.17) is 23.7 Å². The van der Waals surface area contributed by atoms with Crippen LogP contribution in [0.4, 0.5) is 0 Å². The van der Waals surface area contributed by atoms with Gasteiger partial charge in [0.15, 0.2) is 23.0 Å². The second kappa shape index (κ2) is 6.22. The zero-order chi connectivity index (χ0) is 19.4. The van der Waals surface area contributed by atoms with Crippen LogP contribution in [-0.2, 0) is 11.2 Å². The maximum atomic E-state index is 12.2. The smallest absolute Gasteiger partial charge is 0.307 e. The summed E-state index contributed by atoms with van der Waals surface area (Å²) in [5.74, 6) is 1.19. The van der Waals surface area contributed by atoms with Crippen LogP contribution in [-0.4, -0.2) is 31.8 Å². The molecule has 2 aromatic rings. The molecule has 0 spiro atoms. The molecule has 1 N–H and O–H groups in total. The van der Waals surface area contributed by atoms with Gasteiger partial charge in [0, 0.05) is 5.92 Å². The number of carboxylic acid groups (broad SMARTS) is 1. The van der Waals surface area contributed by atoms with Crippen LogP contribution in [0.1, 0.15) is 29.5 Å². The third-order valence-electron chi connectivity index (χ3n) is 5.81. The summed E-state index contributed by atoms with van der Waals surface area (Å²) >= 11 is 0. The first kappa shape index (κ1) is 17.0. The Morgan fingerprint density at radius 2 is 1.75 bits per heavy atom. The summed E-state index contributed by atoms with van der Waals surface area (Å²) in [7, 11) is 1.56. The zero-order valence-corrected chi connectivity index (χ0v) is 15.6. The molecule has 0 radical (unpaired) electrons. The van der Waals surface area contributed by atoms with Crippen LogP contribution in [0.3, 0.4) is 0 Å². The predicted molar refractivity (Wildman–Crippen MR) is 97.5 cm³/mol. The summed E-state index contributed by atoms with van der Waals surface area (Å²) in [6, 6.07) is 7.60. The number of carboxylic acids is 1. The van der Waals surface area contributed by atoms with Gasteiger partial charge in [-0.1, -0.05) is 6.92 Å². The summed E-state index contributed by atoms with van der Waals surface area (Å²) in [4.78, 5) is 12.2. The zero-order valence-electron chi connectivity index (χ0n) is 15.6. The first-order valence-electron chi connectivity index (χ1n) is 9.19. The molecule has 0 amide bonds. The Bertz CT molecular complexity index is 968. The molecule has 146 valence electrons. The van der Waals surface area contributed by atoms with Crippen LogP contribution in [0.2, 0.25) is 0 Å². The van der Waals surface area contributed by atoms with Crippen molar-refractivity contribution in [2.45, 2.75) is 19.3 Å². The highest BCUT2D eigenvalue weighted by Gasteiger charge is 2.42.